The Morgan fingerprint density at radius 2 is 1.19 bits per heavy atom. The van der Waals surface area contributed by atoms with Gasteiger partial charge in [-0.3, -0.25) is 9.59 Å². The third kappa shape index (κ3) is 3.97. The normalized spacial score (nSPS) is 17.6. The maximum atomic E-state index is 13.4. The van der Waals surface area contributed by atoms with E-state index in [9.17, 15) is 26.4 Å². The van der Waals surface area contributed by atoms with Gasteiger partial charge in [-0.1, -0.05) is 42.5 Å². The van der Waals surface area contributed by atoms with Gasteiger partial charge in [0.15, 0.2) is 30.2 Å². The Hall–Kier alpha value is -2.72. The predicted molar refractivity (Wildman–Crippen MR) is 111 cm³/mol. The average Bonchev–Trinajstić information content (AvgIpc) is 2.89. The highest BCUT2D eigenvalue weighted by atomic mass is 32.3. The Kier molecular flexibility index (Phi) is 6.51. The van der Waals surface area contributed by atoms with E-state index in [4.69, 9.17) is 9.47 Å². The van der Waals surface area contributed by atoms with Crippen molar-refractivity contribution in [3.8, 4) is 0 Å². The van der Waals surface area contributed by atoms with E-state index in [1.807, 2.05) is 0 Å². The zero-order valence-electron chi connectivity index (χ0n) is 16.9. The Bertz CT molecular complexity index is 1120. The lowest BCUT2D eigenvalue weighted by Gasteiger charge is -2.28. The van der Waals surface area contributed by atoms with Gasteiger partial charge in [-0.15, -0.1) is 0 Å². The number of hydrogen-bond donors (Lipinski definition) is 0. The number of sulfone groups is 2. The molecule has 1 aliphatic rings. The summed E-state index contributed by atoms with van der Waals surface area (Å²) in [5, 5.41) is 0. The maximum absolute atomic E-state index is 13.4. The molecule has 0 saturated carbocycles. The molecule has 0 amide bonds. The molecule has 3 rings (SSSR count). The van der Waals surface area contributed by atoms with Crippen LogP contribution in [0.2, 0.25) is 0 Å². The van der Waals surface area contributed by atoms with Crippen LogP contribution in [0.5, 0.6) is 0 Å². The summed E-state index contributed by atoms with van der Waals surface area (Å²) in [7, 11) is -8.89. The molecule has 0 spiro atoms. The Labute approximate surface area is 181 Å². The van der Waals surface area contributed by atoms with Crippen LogP contribution in [-0.4, -0.2) is 46.6 Å². The minimum absolute atomic E-state index is 0.0827. The van der Waals surface area contributed by atoms with Crippen LogP contribution in [0.4, 0.5) is 0 Å². The number of ether oxygens (including phenoxy) is 2. The molecule has 0 N–H and O–H groups in total. The minimum atomic E-state index is -4.45. The Balaban J connectivity index is 2.30. The molecule has 0 aliphatic carbocycles. The van der Waals surface area contributed by atoms with Gasteiger partial charge in [0.05, 0.1) is 23.0 Å². The van der Waals surface area contributed by atoms with Crippen molar-refractivity contribution in [1.29, 1.82) is 0 Å². The lowest BCUT2D eigenvalue weighted by Crippen LogP contribution is -2.42. The van der Waals surface area contributed by atoms with E-state index in [1.54, 1.807) is 18.2 Å². The molecule has 2 aromatic carbocycles. The van der Waals surface area contributed by atoms with Gasteiger partial charge >= 0.3 is 11.9 Å². The molecular formula is C21H22O8S2. The van der Waals surface area contributed by atoms with Crippen molar-refractivity contribution < 1.29 is 35.9 Å². The van der Waals surface area contributed by atoms with Gasteiger partial charge in [-0.2, -0.15) is 0 Å². The van der Waals surface area contributed by atoms with Crippen LogP contribution < -0.4 is 0 Å². The summed E-state index contributed by atoms with van der Waals surface area (Å²) in [5.41, 5.74) is 0.193. The van der Waals surface area contributed by atoms with Gasteiger partial charge in [0.25, 0.3) is 0 Å². The first-order chi connectivity index (χ1) is 14.7. The van der Waals surface area contributed by atoms with Crippen LogP contribution in [0.3, 0.4) is 0 Å². The SMILES string of the molecule is CCOC(=O)C(C(=O)OCC)C(c1ccccc1)C1S(=O)(=O)c2ccccc2S1(=O)=O. The fourth-order valence-corrected chi connectivity index (χ4v) is 9.55. The molecule has 1 atom stereocenters. The van der Waals surface area contributed by atoms with Crippen LogP contribution in [0.1, 0.15) is 25.3 Å². The number of esters is 2. The van der Waals surface area contributed by atoms with E-state index in [1.165, 1.54) is 50.2 Å². The highest BCUT2D eigenvalue weighted by molar-refractivity contribution is 8.11. The third-order valence-corrected chi connectivity index (χ3v) is 10.4. The lowest BCUT2D eigenvalue weighted by molar-refractivity contribution is -0.162. The lowest BCUT2D eigenvalue weighted by atomic mass is 9.87. The van der Waals surface area contributed by atoms with E-state index >= 15 is 0 Å². The standard InChI is InChI=1S/C21H22O8S2/c1-3-28-19(22)18(20(23)29-4-2)17(14-10-6-5-7-11-14)21-30(24,25)15-12-8-9-13-16(15)31(21,26)27/h5-13,17-18,21H,3-4H2,1-2H3. The zero-order valence-corrected chi connectivity index (χ0v) is 18.6. The molecule has 0 bridgehead atoms. The van der Waals surface area contributed by atoms with E-state index in [0.717, 1.165) is 0 Å². The summed E-state index contributed by atoms with van der Waals surface area (Å²) in [6, 6.07) is 13.0. The van der Waals surface area contributed by atoms with Crippen LogP contribution in [0.25, 0.3) is 0 Å². The van der Waals surface area contributed by atoms with Crippen LogP contribution in [0.15, 0.2) is 64.4 Å². The first-order valence-corrected chi connectivity index (χ1v) is 12.7. The number of fused-ring (bicyclic) bond motifs is 1. The smallest absolute Gasteiger partial charge is 0.321 e. The second-order valence-corrected chi connectivity index (χ2v) is 11.2. The fourth-order valence-electron chi connectivity index (χ4n) is 3.76. The van der Waals surface area contributed by atoms with Gasteiger partial charge in [-0.05, 0) is 31.5 Å². The summed E-state index contributed by atoms with van der Waals surface area (Å²) >= 11 is 0. The van der Waals surface area contributed by atoms with Gasteiger partial charge in [0, 0.05) is 5.92 Å². The van der Waals surface area contributed by atoms with Crippen LogP contribution in [-0.2, 0) is 38.7 Å². The van der Waals surface area contributed by atoms with Crippen molar-refractivity contribution in [3.05, 3.63) is 60.2 Å². The predicted octanol–water partition coefficient (Wildman–Crippen LogP) is 2.10. The summed E-state index contributed by atoms with van der Waals surface area (Å²) in [6.07, 6.45) is 0. The number of rotatable bonds is 7. The summed E-state index contributed by atoms with van der Waals surface area (Å²) in [6.45, 7) is 2.88. The van der Waals surface area contributed by atoms with E-state index in [2.05, 4.69) is 0 Å². The molecule has 8 nitrogen and oxygen atoms in total. The van der Waals surface area contributed by atoms with E-state index in [0.29, 0.717) is 0 Å². The quantitative estimate of drug-likeness (QED) is 0.449. The number of carbonyl (C=O) groups is 2. The molecule has 0 aromatic heterocycles. The Morgan fingerprint density at radius 1 is 0.774 bits per heavy atom. The molecule has 166 valence electrons. The molecular weight excluding hydrogens is 444 g/mol. The fraction of sp³-hybridized carbons (Fsp3) is 0.333. The molecule has 0 saturated heterocycles. The zero-order chi connectivity index (χ0) is 22.8. The highest BCUT2D eigenvalue weighted by Crippen LogP contribution is 2.47. The van der Waals surface area contributed by atoms with Crippen molar-refractivity contribution in [2.75, 3.05) is 13.2 Å². The van der Waals surface area contributed by atoms with Crippen molar-refractivity contribution in [1.82, 2.24) is 0 Å². The number of hydrogen-bond acceptors (Lipinski definition) is 8. The molecule has 31 heavy (non-hydrogen) atoms. The summed E-state index contributed by atoms with van der Waals surface area (Å²) < 4.78 is 61.5. The van der Waals surface area contributed by atoms with Gasteiger partial charge in [0.1, 0.15) is 0 Å². The van der Waals surface area contributed by atoms with Crippen molar-refractivity contribution in [3.63, 3.8) is 0 Å². The molecule has 1 aliphatic heterocycles. The number of benzene rings is 2. The average molecular weight is 467 g/mol. The molecule has 0 radical (unpaired) electrons. The topological polar surface area (TPSA) is 121 Å². The van der Waals surface area contributed by atoms with Gasteiger partial charge < -0.3 is 9.47 Å². The monoisotopic (exact) mass is 466 g/mol. The van der Waals surface area contributed by atoms with Gasteiger partial charge in [-0.25, -0.2) is 16.8 Å². The van der Waals surface area contributed by atoms with Crippen molar-refractivity contribution >= 4 is 31.6 Å². The molecule has 10 heteroatoms. The van der Waals surface area contributed by atoms with Crippen molar-refractivity contribution in [2.24, 2.45) is 5.92 Å². The molecule has 0 fully saturated rings. The van der Waals surface area contributed by atoms with E-state index < -0.39 is 48.0 Å². The second-order valence-electron chi connectivity index (χ2n) is 6.82. The largest absolute Gasteiger partial charge is 0.465 e. The van der Waals surface area contributed by atoms with Crippen molar-refractivity contribution in [2.45, 2.75) is 34.1 Å². The van der Waals surface area contributed by atoms with Gasteiger partial charge in [0.2, 0.25) is 0 Å². The Morgan fingerprint density at radius 3 is 1.61 bits per heavy atom. The third-order valence-electron chi connectivity index (χ3n) is 4.99. The molecule has 2 aromatic rings. The highest BCUT2D eigenvalue weighted by Gasteiger charge is 2.58. The minimum Gasteiger partial charge on any atom is -0.465 e. The summed E-state index contributed by atoms with van der Waals surface area (Å²) in [5.74, 6) is -5.44. The second kappa shape index (κ2) is 8.80. The molecule has 1 unspecified atom stereocenters. The van der Waals surface area contributed by atoms with Crippen LogP contribution >= 0.6 is 0 Å². The van der Waals surface area contributed by atoms with E-state index in [-0.39, 0.29) is 28.6 Å². The van der Waals surface area contributed by atoms with Crippen LogP contribution in [0, 0.1) is 5.92 Å². The first kappa shape index (κ1) is 23.0. The molecule has 1 heterocycles. The number of carbonyl (C=O) groups excluding carboxylic acids is 2. The summed E-state index contributed by atoms with van der Waals surface area (Å²) in [4.78, 5) is 24.9. The maximum Gasteiger partial charge on any atom is 0.321 e. The first-order valence-electron chi connectivity index (χ1n) is 9.63.